The maximum atomic E-state index is 13.3. The van der Waals surface area contributed by atoms with Crippen molar-refractivity contribution < 1.29 is 22.7 Å². The van der Waals surface area contributed by atoms with E-state index in [9.17, 15) is 17.6 Å². The van der Waals surface area contributed by atoms with Gasteiger partial charge in [-0.2, -0.15) is 4.31 Å². The van der Waals surface area contributed by atoms with Crippen molar-refractivity contribution in [2.45, 2.75) is 38.6 Å². The van der Waals surface area contributed by atoms with Crippen LogP contribution in [0.1, 0.15) is 25.0 Å². The highest BCUT2D eigenvalue weighted by atomic mass is 32.2. The van der Waals surface area contributed by atoms with Gasteiger partial charge in [0.2, 0.25) is 10.0 Å². The molecule has 7 heteroatoms. The van der Waals surface area contributed by atoms with Crippen molar-refractivity contribution in [1.82, 2.24) is 4.31 Å². The van der Waals surface area contributed by atoms with Gasteiger partial charge < -0.3 is 5.11 Å². The normalized spacial score (nSPS) is 12.2. The predicted octanol–water partition coefficient (Wildman–Crippen LogP) is 1.93. The quantitative estimate of drug-likeness (QED) is 0.902. The Bertz CT molecular complexity index is 602. The van der Waals surface area contributed by atoms with E-state index in [2.05, 4.69) is 0 Å². The van der Waals surface area contributed by atoms with Crippen LogP contribution in [-0.2, 0) is 14.8 Å². The Hall–Kier alpha value is -1.47. The molecule has 0 radical (unpaired) electrons. The molecule has 5 nitrogen and oxygen atoms in total. The molecule has 0 saturated carbocycles. The van der Waals surface area contributed by atoms with E-state index < -0.39 is 34.4 Å². The summed E-state index contributed by atoms with van der Waals surface area (Å²) < 4.78 is 39.4. The van der Waals surface area contributed by atoms with Crippen molar-refractivity contribution in [1.29, 1.82) is 0 Å². The highest BCUT2D eigenvalue weighted by Gasteiger charge is 2.31. The molecule has 0 aliphatic heterocycles. The zero-order valence-electron chi connectivity index (χ0n) is 11.8. The molecule has 0 amide bonds. The Balaban J connectivity index is 3.45. The summed E-state index contributed by atoms with van der Waals surface area (Å²) in [5.41, 5.74) is 0.525. The summed E-state index contributed by atoms with van der Waals surface area (Å²) in [5.74, 6) is -1.76. The molecule has 112 valence electrons. The maximum absolute atomic E-state index is 13.3. The number of hydrogen-bond donors (Lipinski definition) is 1. The third-order valence-corrected chi connectivity index (χ3v) is 5.19. The minimum atomic E-state index is -3.99. The predicted molar refractivity (Wildman–Crippen MR) is 72.5 cm³/mol. The second kappa shape index (κ2) is 5.88. The van der Waals surface area contributed by atoms with Crippen LogP contribution in [0.5, 0.6) is 0 Å². The largest absolute Gasteiger partial charge is 0.480 e. The molecule has 1 aromatic rings. The molecule has 1 N–H and O–H groups in total. The lowest BCUT2D eigenvalue weighted by atomic mass is 10.1. The van der Waals surface area contributed by atoms with Crippen molar-refractivity contribution in [2.75, 3.05) is 6.54 Å². The molecule has 1 rings (SSSR count). The molecule has 0 unspecified atom stereocenters. The summed E-state index contributed by atoms with van der Waals surface area (Å²) in [7, 11) is -3.99. The van der Waals surface area contributed by atoms with Gasteiger partial charge in [0.15, 0.2) is 0 Å². The van der Waals surface area contributed by atoms with Gasteiger partial charge in [0.05, 0.1) is 4.90 Å². The van der Waals surface area contributed by atoms with Crippen LogP contribution in [0.15, 0.2) is 17.0 Å². The van der Waals surface area contributed by atoms with Crippen LogP contribution < -0.4 is 0 Å². The van der Waals surface area contributed by atoms with E-state index in [1.807, 2.05) is 0 Å². The lowest BCUT2D eigenvalue weighted by Gasteiger charge is -2.25. The van der Waals surface area contributed by atoms with Gasteiger partial charge in [-0.25, -0.2) is 12.8 Å². The van der Waals surface area contributed by atoms with Gasteiger partial charge >= 0.3 is 5.97 Å². The van der Waals surface area contributed by atoms with E-state index in [4.69, 9.17) is 5.11 Å². The molecular weight excluding hydrogens is 285 g/mol. The van der Waals surface area contributed by atoms with Crippen molar-refractivity contribution >= 4 is 16.0 Å². The molecule has 0 bridgehead atoms. The smallest absolute Gasteiger partial charge is 0.318 e. The van der Waals surface area contributed by atoms with E-state index in [1.54, 1.807) is 13.8 Å². The fraction of sp³-hybridized carbons (Fsp3) is 0.462. The van der Waals surface area contributed by atoms with Crippen LogP contribution in [0.2, 0.25) is 0 Å². The van der Waals surface area contributed by atoms with Crippen molar-refractivity contribution in [3.63, 3.8) is 0 Å². The number of carboxylic acids is 1. The number of benzene rings is 1. The first-order chi connectivity index (χ1) is 9.07. The second-order valence-electron chi connectivity index (χ2n) is 4.91. The molecule has 0 spiro atoms. The summed E-state index contributed by atoms with van der Waals surface area (Å²) in [6.07, 6.45) is 0. The summed E-state index contributed by atoms with van der Waals surface area (Å²) in [4.78, 5) is 10.8. The first kappa shape index (κ1) is 16.6. The minimum absolute atomic E-state index is 0.0335. The van der Waals surface area contributed by atoms with Gasteiger partial charge in [-0.1, -0.05) is 0 Å². The fourth-order valence-corrected chi connectivity index (χ4v) is 4.10. The number of carboxylic acid groups (broad SMARTS) is 1. The van der Waals surface area contributed by atoms with E-state index in [-0.39, 0.29) is 16.0 Å². The number of hydrogen-bond acceptors (Lipinski definition) is 3. The SMILES string of the molecule is Cc1cc(F)cc(C)c1S(=O)(=O)N(CC(=O)O)C(C)C. The zero-order valence-corrected chi connectivity index (χ0v) is 12.7. The van der Waals surface area contributed by atoms with Gasteiger partial charge in [-0.05, 0) is 51.0 Å². The molecule has 0 aromatic heterocycles. The summed E-state index contributed by atoms with van der Waals surface area (Å²) in [5, 5.41) is 8.86. The number of sulfonamides is 1. The average molecular weight is 303 g/mol. The van der Waals surface area contributed by atoms with E-state index in [0.29, 0.717) is 0 Å². The van der Waals surface area contributed by atoms with Crippen LogP contribution in [0.4, 0.5) is 4.39 Å². The lowest BCUT2D eigenvalue weighted by molar-refractivity contribution is -0.137. The lowest BCUT2D eigenvalue weighted by Crippen LogP contribution is -2.41. The van der Waals surface area contributed by atoms with Gasteiger partial charge in [-0.15, -0.1) is 0 Å². The van der Waals surface area contributed by atoms with Crippen LogP contribution in [0.3, 0.4) is 0 Å². The zero-order chi connectivity index (χ0) is 15.7. The Labute approximate surface area is 118 Å². The van der Waals surface area contributed by atoms with Crippen molar-refractivity contribution in [2.24, 2.45) is 0 Å². The molecule has 0 saturated heterocycles. The Kier molecular flexibility index (Phi) is 4.88. The Morgan fingerprint density at radius 3 is 2.10 bits per heavy atom. The molecule has 20 heavy (non-hydrogen) atoms. The van der Waals surface area contributed by atoms with E-state index in [0.717, 1.165) is 16.4 Å². The molecule has 0 atom stereocenters. The van der Waals surface area contributed by atoms with Gasteiger partial charge in [-0.3, -0.25) is 4.79 Å². The van der Waals surface area contributed by atoms with Crippen LogP contribution in [0.25, 0.3) is 0 Å². The third kappa shape index (κ3) is 3.34. The highest BCUT2D eigenvalue weighted by molar-refractivity contribution is 7.89. The van der Waals surface area contributed by atoms with Crippen molar-refractivity contribution in [3.8, 4) is 0 Å². The summed E-state index contributed by atoms with van der Waals surface area (Å²) in [6.45, 7) is 5.53. The number of halogens is 1. The monoisotopic (exact) mass is 303 g/mol. The average Bonchev–Trinajstić information content (AvgIpc) is 2.22. The van der Waals surface area contributed by atoms with E-state index >= 15 is 0 Å². The van der Waals surface area contributed by atoms with Crippen LogP contribution in [-0.4, -0.2) is 36.4 Å². The standard InChI is InChI=1S/C13H18FNO4S/c1-8(2)15(7-12(16)17)20(18,19)13-9(3)5-11(14)6-10(13)4/h5-6,8H,7H2,1-4H3,(H,16,17). The van der Waals surface area contributed by atoms with Crippen LogP contribution in [0, 0.1) is 19.7 Å². The van der Waals surface area contributed by atoms with Gasteiger partial charge in [0, 0.05) is 6.04 Å². The molecule has 0 aliphatic carbocycles. The molecule has 0 fully saturated rings. The van der Waals surface area contributed by atoms with Crippen LogP contribution >= 0.6 is 0 Å². The Morgan fingerprint density at radius 1 is 1.30 bits per heavy atom. The first-order valence-electron chi connectivity index (χ1n) is 6.07. The molecule has 0 heterocycles. The number of rotatable bonds is 5. The number of aryl methyl sites for hydroxylation is 2. The highest BCUT2D eigenvalue weighted by Crippen LogP contribution is 2.26. The Morgan fingerprint density at radius 2 is 1.75 bits per heavy atom. The van der Waals surface area contributed by atoms with Gasteiger partial charge in [0.1, 0.15) is 12.4 Å². The maximum Gasteiger partial charge on any atom is 0.318 e. The summed E-state index contributed by atoms with van der Waals surface area (Å²) in [6, 6.07) is 1.73. The number of aliphatic carboxylic acids is 1. The van der Waals surface area contributed by atoms with E-state index in [1.165, 1.54) is 13.8 Å². The third-order valence-electron chi connectivity index (χ3n) is 2.86. The minimum Gasteiger partial charge on any atom is -0.480 e. The molecular formula is C13H18FNO4S. The van der Waals surface area contributed by atoms with Gasteiger partial charge in [0.25, 0.3) is 0 Å². The topological polar surface area (TPSA) is 74.7 Å². The second-order valence-corrected chi connectivity index (χ2v) is 6.73. The van der Waals surface area contributed by atoms with Crippen molar-refractivity contribution in [3.05, 3.63) is 29.1 Å². The number of nitrogens with zero attached hydrogens (tertiary/aromatic N) is 1. The molecule has 1 aromatic carbocycles. The fourth-order valence-electron chi connectivity index (χ4n) is 2.10. The first-order valence-corrected chi connectivity index (χ1v) is 7.51. The number of carbonyl (C=O) groups is 1. The molecule has 0 aliphatic rings. The summed E-state index contributed by atoms with van der Waals surface area (Å²) >= 11 is 0.